The molecule has 180 valence electrons. The van der Waals surface area contributed by atoms with E-state index in [-0.39, 0.29) is 5.75 Å². The van der Waals surface area contributed by atoms with Crippen LogP contribution in [0.15, 0.2) is 98.9 Å². The third-order valence-corrected chi connectivity index (χ3v) is 8.47. The van der Waals surface area contributed by atoms with Crippen molar-refractivity contribution >= 4 is 49.4 Å². The normalized spacial score (nSPS) is 18.9. The van der Waals surface area contributed by atoms with Gasteiger partial charge in [-0.05, 0) is 75.3 Å². The molecule has 0 saturated carbocycles. The van der Waals surface area contributed by atoms with Crippen molar-refractivity contribution in [2.24, 2.45) is 4.99 Å². The Morgan fingerprint density at radius 2 is 1.33 bits per heavy atom. The van der Waals surface area contributed by atoms with Crippen LogP contribution in [-0.4, -0.2) is 24.4 Å². The molecule has 0 radical (unpaired) electrons. The molecule has 0 fully saturated rings. The minimum atomic E-state index is 0.191. The Labute approximate surface area is 228 Å². The summed E-state index contributed by atoms with van der Waals surface area (Å²) in [5, 5.41) is 10.6. The Hall–Kier alpha value is -2.89. The number of aliphatic imine (C=N–C) groups is 1. The van der Waals surface area contributed by atoms with Gasteiger partial charge in [-0.15, -0.1) is 0 Å². The first kappa shape index (κ1) is 23.5. The van der Waals surface area contributed by atoms with E-state index in [0.717, 1.165) is 36.1 Å². The van der Waals surface area contributed by atoms with Gasteiger partial charge >= 0.3 is 0 Å². The molecule has 4 aromatic carbocycles. The smallest absolute Gasteiger partial charge is 0.138 e. The highest BCUT2D eigenvalue weighted by molar-refractivity contribution is 9.11. The van der Waals surface area contributed by atoms with E-state index in [9.17, 15) is 5.11 Å². The van der Waals surface area contributed by atoms with Crippen LogP contribution < -0.4 is 4.90 Å². The maximum absolute atomic E-state index is 10.6. The van der Waals surface area contributed by atoms with Crippen molar-refractivity contribution in [2.75, 3.05) is 18.0 Å². The minimum absolute atomic E-state index is 0.191. The molecule has 1 N–H and O–H groups in total. The number of rotatable bonds is 4. The van der Waals surface area contributed by atoms with Gasteiger partial charge in [-0.3, -0.25) is 4.99 Å². The summed E-state index contributed by atoms with van der Waals surface area (Å²) in [7, 11) is 0. The molecule has 4 aromatic rings. The van der Waals surface area contributed by atoms with E-state index in [4.69, 9.17) is 4.99 Å². The van der Waals surface area contributed by atoms with Crippen LogP contribution in [-0.2, 0) is 0 Å². The number of phenols is 1. The number of hydrogen-bond acceptors (Lipinski definition) is 3. The fraction of sp³-hybridized carbons (Fsp3) is 0.194. The summed E-state index contributed by atoms with van der Waals surface area (Å²) in [6.45, 7) is 2.15. The Bertz CT molecular complexity index is 1360. The van der Waals surface area contributed by atoms with Gasteiger partial charge < -0.3 is 10.0 Å². The third kappa shape index (κ3) is 4.39. The zero-order valence-corrected chi connectivity index (χ0v) is 22.9. The second-order valence-electron chi connectivity index (χ2n) is 9.55. The predicted molar refractivity (Wildman–Crippen MR) is 155 cm³/mol. The van der Waals surface area contributed by atoms with Crippen molar-refractivity contribution in [1.82, 2.24) is 0 Å². The zero-order chi connectivity index (χ0) is 24.6. The van der Waals surface area contributed by atoms with E-state index in [2.05, 4.69) is 110 Å². The number of hydrogen-bond donors (Lipinski definition) is 1. The molecule has 0 unspecified atom stereocenters. The second kappa shape index (κ2) is 9.87. The molecular weight excluding hydrogens is 576 g/mol. The van der Waals surface area contributed by atoms with Gasteiger partial charge in [-0.25, -0.2) is 0 Å². The van der Waals surface area contributed by atoms with Crippen LogP contribution in [0.25, 0.3) is 0 Å². The van der Waals surface area contributed by atoms with E-state index in [1.165, 1.54) is 27.9 Å². The molecule has 0 amide bonds. The average Bonchev–Trinajstić information content (AvgIpc) is 2.91. The SMILES string of the molecule is Oc1c(Br)cc(Br)cc1C=Nc1cc2c3c(c1)[C@@H](c1ccccc1)CCN3CC[C@@H]2c1ccccc1. The van der Waals surface area contributed by atoms with E-state index in [0.29, 0.717) is 21.9 Å². The summed E-state index contributed by atoms with van der Waals surface area (Å²) in [6, 6.07) is 29.9. The quantitative estimate of drug-likeness (QED) is 0.238. The lowest BCUT2D eigenvalue weighted by atomic mass is 9.76. The number of aromatic hydroxyl groups is 1. The zero-order valence-electron chi connectivity index (χ0n) is 19.7. The summed E-state index contributed by atoms with van der Waals surface area (Å²) in [5.74, 6) is 0.875. The van der Waals surface area contributed by atoms with Gasteiger partial charge in [-0.1, -0.05) is 76.6 Å². The highest BCUT2D eigenvalue weighted by Gasteiger charge is 2.35. The maximum Gasteiger partial charge on any atom is 0.138 e. The lowest BCUT2D eigenvalue weighted by Crippen LogP contribution is -2.37. The van der Waals surface area contributed by atoms with Gasteiger partial charge in [0.2, 0.25) is 0 Å². The van der Waals surface area contributed by atoms with E-state index in [1.54, 1.807) is 6.21 Å². The number of halogens is 2. The van der Waals surface area contributed by atoms with Gasteiger partial charge in [0.1, 0.15) is 5.75 Å². The van der Waals surface area contributed by atoms with Crippen LogP contribution in [0.2, 0.25) is 0 Å². The molecule has 0 bridgehead atoms. The monoisotopic (exact) mass is 600 g/mol. The molecule has 3 nitrogen and oxygen atoms in total. The highest BCUT2D eigenvalue weighted by Crippen LogP contribution is 2.50. The molecule has 0 spiro atoms. The minimum Gasteiger partial charge on any atom is -0.506 e. The maximum atomic E-state index is 10.6. The van der Waals surface area contributed by atoms with Crippen molar-refractivity contribution < 1.29 is 5.11 Å². The van der Waals surface area contributed by atoms with Crippen LogP contribution in [0, 0.1) is 0 Å². The topological polar surface area (TPSA) is 35.8 Å². The van der Waals surface area contributed by atoms with Crippen LogP contribution in [0.3, 0.4) is 0 Å². The lowest BCUT2D eigenvalue weighted by molar-refractivity contribution is 0.471. The molecule has 36 heavy (non-hydrogen) atoms. The summed E-state index contributed by atoms with van der Waals surface area (Å²) in [4.78, 5) is 7.47. The van der Waals surface area contributed by atoms with E-state index >= 15 is 0 Å². The van der Waals surface area contributed by atoms with Gasteiger partial charge in [0.25, 0.3) is 0 Å². The lowest BCUT2D eigenvalue weighted by Gasteiger charge is -2.43. The molecule has 2 heterocycles. The fourth-order valence-electron chi connectivity index (χ4n) is 5.74. The van der Waals surface area contributed by atoms with Crippen LogP contribution in [0.5, 0.6) is 5.75 Å². The second-order valence-corrected chi connectivity index (χ2v) is 11.3. The Kier molecular flexibility index (Phi) is 6.44. The number of benzene rings is 4. The molecule has 2 aliphatic rings. The summed E-state index contributed by atoms with van der Waals surface area (Å²) < 4.78 is 1.53. The number of anilines is 1. The molecule has 0 aromatic heterocycles. The van der Waals surface area contributed by atoms with Crippen molar-refractivity contribution in [2.45, 2.75) is 24.7 Å². The standard InChI is InChI=1S/C31H26Br2N2O/c32-23-15-22(31(36)29(33)16-23)19-34-24-17-27-25(20-7-3-1-4-8-20)11-13-35-14-12-26(28(18-24)30(27)35)21-9-5-2-6-10-21/h1-10,15-19,25-26,36H,11-14H2/t25-,26-/m1/s1. The molecular formula is C31H26Br2N2O. The Morgan fingerprint density at radius 3 is 1.89 bits per heavy atom. The van der Waals surface area contributed by atoms with E-state index < -0.39 is 0 Å². The van der Waals surface area contributed by atoms with Crippen molar-refractivity contribution in [3.63, 3.8) is 0 Å². The van der Waals surface area contributed by atoms with Crippen molar-refractivity contribution in [1.29, 1.82) is 0 Å². The fourth-order valence-corrected chi connectivity index (χ4v) is 7.00. The van der Waals surface area contributed by atoms with Crippen molar-refractivity contribution in [3.05, 3.63) is 122 Å². The Balaban J connectivity index is 1.51. The summed E-state index contributed by atoms with van der Waals surface area (Å²) >= 11 is 6.95. The first-order valence-electron chi connectivity index (χ1n) is 12.3. The first-order valence-corrected chi connectivity index (χ1v) is 13.9. The Morgan fingerprint density at radius 1 is 0.778 bits per heavy atom. The molecule has 2 atom stereocenters. The summed E-state index contributed by atoms with van der Waals surface area (Å²) in [6.07, 6.45) is 3.95. The third-order valence-electron chi connectivity index (χ3n) is 7.41. The van der Waals surface area contributed by atoms with Gasteiger partial charge in [0, 0.05) is 46.9 Å². The van der Waals surface area contributed by atoms with Crippen LogP contribution in [0.4, 0.5) is 11.4 Å². The molecule has 6 rings (SSSR count). The van der Waals surface area contributed by atoms with Gasteiger partial charge in [-0.2, -0.15) is 0 Å². The molecule has 0 aliphatic carbocycles. The van der Waals surface area contributed by atoms with Crippen molar-refractivity contribution in [3.8, 4) is 5.75 Å². The number of nitrogens with zero attached hydrogens (tertiary/aromatic N) is 2. The molecule has 0 saturated heterocycles. The van der Waals surface area contributed by atoms with E-state index in [1.807, 2.05) is 12.1 Å². The van der Waals surface area contributed by atoms with Gasteiger partial charge in [0.15, 0.2) is 0 Å². The molecule has 2 aliphatic heterocycles. The molecule has 5 heteroatoms. The predicted octanol–water partition coefficient (Wildman–Crippen LogP) is 8.55. The highest BCUT2D eigenvalue weighted by atomic mass is 79.9. The average molecular weight is 602 g/mol. The summed E-state index contributed by atoms with van der Waals surface area (Å²) in [5.41, 5.74) is 8.41. The number of phenolic OH excluding ortho intramolecular Hbond substituents is 1. The van der Waals surface area contributed by atoms with Crippen LogP contribution in [0.1, 0.15) is 52.5 Å². The van der Waals surface area contributed by atoms with Crippen LogP contribution >= 0.6 is 31.9 Å². The largest absolute Gasteiger partial charge is 0.506 e. The van der Waals surface area contributed by atoms with Gasteiger partial charge in [0.05, 0.1) is 10.2 Å². The first-order chi connectivity index (χ1) is 17.6.